The van der Waals surface area contributed by atoms with Gasteiger partial charge in [-0.2, -0.15) is 0 Å². The van der Waals surface area contributed by atoms with Crippen LogP contribution in [0, 0.1) is 0 Å². The minimum atomic E-state index is -0.915. The predicted molar refractivity (Wildman–Crippen MR) is 65.6 cm³/mol. The minimum Gasteiger partial charge on any atom is -0.505 e. The molecule has 0 unspecified atom stereocenters. The molecule has 5 N–H and O–H groups in total. The third-order valence-corrected chi connectivity index (χ3v) is 2.94. The number of hydrogen-bond acceptors (Lipinski definition) is 8. The Balaban J connectivity index is 2.90. The highest BCUT2D eigenvalue weighted by molar-refractivity contribution is 6.28. The van der Waals surface area contributed by atoms with Crippen molar-refractivity contribution in [1.29, 1.82) is 0 Å². The number of carbonyl (C=O) groups excluding carboxylic acids is 2. The highest BCUT2D eigenvalue weighted by atomic mass is 16.5. The number of nitrogen functional groups attached to an aromatic ring is 1. The molecule has 0 fully saturated rings. The van der Waals surface area contributed by atoms with E-state index >= 15 is 0 Å². The number of carbonyl (C=O) groups is 2. The lowest BCUT2D eigenvalue weighted by molar-refractivity contribution is 0.0823. The number of ketones is 2. The summed E-state index contributed by atoms with van der Waals surface area (Å²) in [6.45, 7) is 0. The summed E-state index contributed by atoms with van der Waals surface area (Å²) in [5.74, 6) is -5.27. The monoisotopic (exact) mass is 281 g/mol. The molecule has 0 atom stereocenters. The zero-order valence-electron chi connectivity index (χ0n) is 10.6. The number of phenols is 3. The smallest absolute Gasteiger partial charge is 0.236 e. The van der Waals surface area contributed by atoms with Gasteiger partial charge in [0.1, 0.15) is 5.69 Å². The van der Waals surface area contributed by atoms with E-state index in [4.69, 9.17) is 15.2 Å². The number of ether oxygens (including phenoxy) is 2. The number of aromatic hydroxyl groups is 3. The molecule has 106 valence electrons. The lowest BCUT2D eigenvalue weighted by atomic mass is 9.89. The van der Waals surface area contributed by atoms with Gasteiger partial charge in [-0.25, -0.2) is 0 Å². The van der Waals surface area contributed by atoms with Crippen molar-refractivity contribution < 1.29 is 34.4 Å². The quantitative estimate of drug-likeness (QED) is 0.344. The summed E-state index contributed by atoms with van der Waals surface area (Å²) in [6, 6.07) is 0. The lowest BCUT2D eigenvalue weighted by Crippen LogP contribution is -2.24. The van der Waals surface area contributed by atoms with Crippen LogP contribution in [0.2, 0.25) is 0 Å². The number of methoxy groups -OCH3 is 2. The molecule has 0 aromatic heterocycles. The van der Waals surface area contributed by atoms with Gasteiger partial charge in [0.2, 0.25) is 23.1 Å². The van der Waals surface area contributed by atoms with Crippen molar-refractivity contribution in [3.05, 3.63) is 22.6 Å². The fraction of sp³-hybridized carbons (Fsp3) is 0.167. The van der Waals surface area contributed by atoms with Crippen LogP contribution < -0.4 is 5.73 Å². The Bertz CT molecular complexity index is 618. The van der Waals surface area contributed by atoms with Gasteiger partial charge in [-0.15, -0.1) is 0 Å². The molecule has 0 saturated heterocycles. The number of rotatable bonds is 2. The van der Waals surface area contributed by atoms with Crippen molar-refractivity contribution in [2.45, 2.75) is 0 Å². The molecule has 8 nitrogen and oxygen atoms in total. The van der Waals surface area contributed by atoms with Crippen LogP contribution in [0.5, 0.6) is 17.2 Å². The van der Waals surface area contributed by atoms with Crippen LogP contribution in [-0.2, 0) is 9.47 Å². The van der Waals surface area contributed by atoms with Gasteiger partial charge in [0, 0.05) is 0 Å². The summed E-state index contributed by atoms with van der Waals surface area (Å²) in [6.07, 6.45) is 0. The average molecular weight is 281 g/mol. The molecule has 0 amide bonds. The molecular weight excluding hydrogens is 270 g/mol. The van der Waals surface area contributed by atoms with E-state index in [0.29, 0.717) is 0 Å². The van der Waals surface area contributed by atoms with Crippen LogP contribution in [0.25, 0.3) is 0 Å². The van der Waals surface area contributed by atoms with Crippen LogP contribution >= 0.6 is 0 Å². The summed E-state index contributed by atoms with van der Waals surface area (Å²) < 4.78 is 9.57. The van der Waals surface area contributed by atoms with Gasteiger partial charge in [-0.3, -0.25) is 9.59 Å². The largest absolute Gasteiger partial charge is 0.505 e. The van der Waals surface area contributed by atoms with E-state index in [0.717, 1.165) is 14.2 Å². The van der Waals surface area contributed by atoms with Gasteiger partial charge in [0.25, 0.3) is 0 Å². The Morgan fingerprint density at radius 2 is 1.20 bits per heavy atom. The maximum Gasteiger partial charge on any atom is 0.236 e. The maximum atomic E-state index is 12.2. The number of allylic oxidation sites excluding steroid dienone is 2. The third kappa shape index (κ3) is 1.48. The fourth-order valence-corrected chi connectivity index (χ4v) is 1.98. The van der Waals surface area contributed by atoms with Gasteiger partial charge in [0.15, 0.2) is 17.2 Å². The normalized spacial score (nSPS) is 14.3. The first-order chi connectivity index (χ1) is 9.36. The summed E-state index contributed by atoms with van der Waals surface area (Å²) in [5, 5.41) is 29.1. The Morgan fingerprint density at radius 1 is 0.800 bits per heavy atom. The Kier molecular flexibility index (Phi) is 2.93. The predicted octanol–water partition coefficient (Wildman–Crippen LogP) is 0.269. The first kappa shape index (κ1) is 13.5. The highest BCUT2D eigenvalue weighted by Crippen LogP contribution is 2.47. The van der Waals surface area contributed by atoms with Crippen molar-refractivity contribution in [3.63, 3.8) is 0 Å². The SMILES string of the molecule is COC1=C(OC)C(=O)c2c(O)c(O)c(N)c(O)c2C1=O. The van der Waals surface area contributed by atoms with Crippen molar-refractivity contribution in [1.82, 2.24) is 0 Å². The third-order valence-electron chi connectivity index (χ3n) is 2.94. The van der Waals surface area contributed by atoms with E-state index in [9.17, 15) is 24.9 Å². The standard InChI is InChI=1S/C12H11NO7/c1-19-11-8(16)3-4(9(17)12(11)20-2)7(15)10(18)5(13)6(3)14/h14-15,18H,13H2,1-2H3. The van der Waals surface area contributed by atoms with E-state index in [-0.39, 0.29) is 0 Å². The van der Waals surface area contributed by atoms with Crippen molar-refractivity contribution in [2.24, 2.45) is 0 Å². The first-order valence-corrected chi connectivity index (χ1v) is 5.34. The molecule has 1 aromatic rings. The molecule has 8 heteroatoms. The molecule has 0 bridgehead atoms. The van der Waals surface area contributed by atoms with Gasteiger partial charge in [0.05, 0.1) is 25.3 Å². The molecule has 1 aliphatic rings. The second-order valence-corrected chi connectivity index (χ2v) is 3.93. The topological polar surface area (TPSA) is 139 Å². The van der Waals surface area contributed by atoms with E-state index in [1.807, 2.05) is 0 Å². The van der Waals surface area contributed by atoms with Crippen LogP contribution in [0.3, 0.4) is 0 Å². The zero-order valence-corrected chi connectivity index (χ0v) is 10.6. The van der Waals surface area contributed by atoms with Crippen molar-refractivity contribution in [2.75, 3.05) is 20.0 Å². The second-order valence-electron chi connectivity index (χ2n) is 3.93. The number of hydrogen-bond donors (Lipinski definition) is 4. The number of nitrogens with two attached hydrogens (primary N) is 1. The Labute approximate surface area is 112 Å². The van der Waals surface area contributed by atoms with Crippen LogP contribution in [0.1, 0.15) is 20.7 Å². The molecule has 0 aliphatic heterocycles. The number of anilines is 1. The fourth-order valence-electron chi connectivity index (χ4n) is 1.98. The molecule has 1 aliphatic carbocycles. The molecule has 1 aromatic carbocycles. The summed E-state index contributed by atoms with van der Waals surface area (Å²) in [5.41, 5.74) is 3.62. The summed E-state index contributed by atoms with van der Waals surface area (Å²) in [4.78, 5) is 24.3. The number of phenolic OH excluding ortho intramolecular Hbond substituents is 3. The zero-order chi connectivity index (χ0) is 15.2. The van der Waals surface area contributed by atoms with E-state index < -0.39 is 57.1 Å². The molecule has 2 rings (SSSR count). The van der Waals surface area contributed by atoms with E-state index in [1.165, 1.54) is 0 Å². The summed E-state index contributed by atoms with van der Waals surface area (Å²) >= 11 is 0. The average Bonchev–Trinajstić information content (AvgIpc) is 2.43. The molecular formula is C12H11NO7. The van der Waals surface area contributed by atoms with Crippen molar-refractivity contribution >= 4 is 17.3 Å². The van der Waals surface area contributed by atoms with Crippen LogP contribution in [0.4, 0.5) is 5.69 Å². The van der Waals surface area contributed by atoms with Gasteiger partial charge in [-0.1, -0.05) is 0 Å². The van der Waals surface area contributed by atoms with Gasteiger partial charge in [-0.05, 0) is 0 Å². The molecule has 20 heavy (non-hydrogen) atoms. The van der Waals surface area contributed by atoms with Crippen LogP contribution in [-0.4, -0.2) is 41.1 Å². The summed E-state index contributed by atoms with van der Waals surface area (Å²) in [7, 11) is 2.28. The van der Waals surface area contributed by atoms with Gasteiger partial charge < -0.3 is 30.5 Å². The molecule has 0 spiro atoms. The minimum absolute atomic E-state index is 0.426. The van der Waals surface area contributed by atoms with Crippen LogP contribution in [0.15, 0.2) is 11.5 Å². The van der Waals surface area contributed by atoms with E-state index in [1.54, 1.807) is 0 Å². The first-order valence-electron chi connectivity index (χ1n) is 5.34. The lowest BCUT2D eigenvalue weighted by Gasteiger charge is -2.21. The molecule has 0 heterocycles. The highest BCUT2D eigenvalue weighted by Gasteiger charge is 2.41. The number of fused-ring (bicyclic) bond motifs is 1. The molecule has 0 saturated carbocycles. The number of Topliss-reactive ketones (excluding diaryl/α,β-unsaturated/α-hetero) is 2. The van der Waals surface area contributed by atoms with Crippen molar-refractivity contribution in [3.8, 4) is 17.2 Å². The second kappa shape index (κ2) is 4.34. The Morgan fingerprint density at radius 3 is 1.60 bits per heavy atom. The Hall–Kier alpha value is -2.90. The molecule has 0 radical (unpaired) electrons. The maximum absolute atomic E-state index is 12.2. The van der Waals surface area contributed by atoms with Gasteiger partial charge >= 0.3 is 0 Å². The van der Waals surface area contributed by atoms with E-state index in [2.05, 4.69) is 0 Å². The number of benzene rings is 1.